The number of hydrogen-bond acceptors (Lipinski definition) is 5. The van der Waals surface area contributed by atoms with Crippen molar-refractivity contribution in [2.24, 2.45) is 11.8 Å². The maximum Gasteiger partial charge on any atom is 0.412 e. The van der Waals surface area contributed by atoms with Crippen molar-refractivity contribution in [2.45, 2.75) is 90.1 Å². The van der Waals surface area contributed by atoms with E-state index in [2.05, 4.69) is 0 Å². The molecule has 3 atom stereocenters. The molecule has 168 valence electrons. The molecule has 0 heterocycles. The average Bonchev–Trinajstić information content (AvgIpc) is 2.67. The van der Waals surface area contributed by atoms with Gasteiger partial charge in [-0.1, -0.05) is 38.5 Å². The number of rotatable bonds is 9. The number of alkyl carbamates (subject to hydrolysis) is 1. The molecule has 0 saturated heterocycles. The highest BCUT2D eigenvalue weighted by Gasteiger charge is 2.28. The van der Waals surface area contributed by atoms with Gasteiger partial charge >= 0.3 is 12.1 Å². The lowest BCUT2D eigenvalue weighted by atomic mass is 9.89. The third-order valence-corrected chi connectivity index (χ3v) is 7.81. The molecule has 2 aliphatic carbocycles. The van der Waals surface area contributed by atoms with Crippen LogP contribution in [0.15, 0.2) is 0 Å². The molecule has 2 fully saturated rings. The average molecular weight is 435 g/mol. The molecule has 29 heavy (non-hydrogen) atoms. The van der Waals surface area contributed by atoms with Gasteiger partial charge in [-0.05, 0) is 31.6 Å². The first kappa shape index (κ1) is 24.1. The molecular formula is C20H35FNO6P. The van der Waals surface area contributed by atoms with Gasteiger partial charge in [-0.3, -0.25) is 14.7 Å². The summed E-state index contributed by atoms with van der Waals surface area (Å²) in [7, 11) is -3.42. The second kappa shape index (κ2) is 11.9. The van der Waals surface area contributed by atoms with Crippen molar-refractivity contribution in [1.82, 2.24) is 5.32 Å². The fraction of sp³-hybridized carbons (Fsp3) is 0.900. The van der Waals surface area contributed by atoms with Crippen molar-refractivity contribution in [3.8, 4) is 0 Å². The van der Waals surface area contributed by atoms with Crippen molar-refractivity contribution in [2.75, 3.05) is 12.3 Å². The van der Waals surface area contributed by atoms with Gasteiger partial charge in [0.15, 0.2) is 6.30 Å². The molecule has 0 radical (unpaired) electrons. The largest absolute Gasteiger partial charge is 0.425 e. The zero-order valence-corrected chi connectivity index (χ0v) is 18.2. The van der Waals surface area contributed by atoms with Crippen LogP contribution in [0.3, 0.4) is 0 Å². The first-order valence-corrected chi connectivity index (χ1v) is 12.9. The Morgan fingerprint density at radius 1 is 1.07 bits per heavy atom. The number of carbonyl (C=O) groups is 2. The van der Waals surface area contributed by atoms with Gasteiger partial charge in [-0.2, -0.15) is 0 Å². The number of nitrogens with one attached hydrogen (secondary N) is 1. The molecule has 0 aromatic rings. The highest BCUT2D eigenvalue weighted by atomic mass is 31.2. The Morgan fingerprint density at radius 3 is 2.28 bits per heavy atom. The van der Waals surface area contributed by atoms with Crippen molar-refractivity contribution >= 4 is 19.4 Å². The monoisotopic (exact) mass is 435 g/mol. The van der Waals surface area contributed by atoms with Gasteiger partial charge in [0.25, 0.3) is 0 Å². The van der Waals surface area contributed by atoms with E-state index in [9.17, 15) is 23.4 Å². The molecule has 0 bridgehead atoms. The molecule has 0 spiro atoms. The fourth-order valence-corrected chi connectivity index (χ4v) is 6.17. The van der Waals surface area contributed by atoms with Gasteiger partial charge in [0.2, 0.25) is 13.7 Å². The van der Waals surface area contributed by atoms with Crippen LogP contribution < -0.4 is 5.32 Å². The maximum absolute atomic E-state index is 14.0. The van der Waals surface area contributed by atoms with Crippen molar-refractivity contribution in [1.29, 1.82) is 0 Å². The predicted octanol–water partition coefficient (Wildman–Crippen LogP) is 4.72. The maximum atomic E-state index is 14.0. The summed E-state index contributed by atoms with van der Waals surface area (Å²) in [5.74, 6) is -0.337. The van der Waals surface area contributed by atoms with Crippen molar-refractivity contribution < 1.29 is 32.9 Å². The van der Waals surface area contributed by atoms with Gasteiger partial charge in [0, 0.05) is 25.7 Å². The molecule has 2 saturated carbocycles. The second-order valence-electron chi connectivity index (χ2n) is 8.40. The summed E-state index contributed by atoms with van der Waals surface area (Å²) >= 11 is 0. The third-order valence-electron chi connectivity index (χ3n) is 5.77. The second-order valence-corrected chi connectivity index (χ2v) is 10.9. The number of halogens is 1. The Balaban J connectivity index is 1.64. The van der Waals surface area contributed by atoms with E-state index in [4.69, 9.17) is 9.47 Å². The first-order valence-electron chi connectivity index (χ1n) is 10.9. The van der Waals surface area contributed by atoms with Gasteiger partial charge in [-0.25, -0.2) is 9.18 Å². The molecule has 0 aliphatic heterocycles. The number of carbonyl (C=O) groups excluding carboxylic acids is 2. The zero-order valence-electron chi connectivity index (χ0n) is 17.3. The minimum absolute atomic E-state index is 0.172. The molecule has 0 aromatic heterocycles. The minimum atomic E-state index is -3.42. The molecule has 0 aromatic carbocycles. The Kier molecular flexibility index (Phi) is 9.90. The Labute approximate surface area is 172 Å². The smallest absolute Gasteiger partial charge is 0.412 e. The molecule has 3 unspecified atom stereocenters. The number of ether oxygens (including phenoxy) is 2. The van der Waals surface area contributed by atoms with E-state index in [-0.39, 0.29) is 30.6 Å². The van der Waals surface area contributed by atoms with E-state index in [0.29, 0.717) is 0 Å². The summed E-state index contributed by atoms with van der Waals surface area (Å²) in [6.07, 6.45) is 5.64. The number of hydrogen-bond donors (Lipinski definition) is 2. The lowest BCUT2D eigenvalue weighted by molar-refractivity contribution is -0.171. The lowest BCUT2D eigenvalue weighted by Gasteiger charge is -2.24. The van der Waals surface area contributed by atoms with Crippen LogP contribution in [-0.2, 0) is 18.8 Å². The summed E-state index contributed by atoms with van der Waals surface area (Å²) in [6.45, 7) is 1.40. The van der Waals surface area contributed by atoms with Crippen LogP contribution in [0, 0.1) is 11.8 Å². The summed E-state index contributed by atoms with van der Waals surface area (Å²) in [5, 5.41) is 1.99. The van der Waals surface area contributed by atoms with Crippen LogP contribution in [-0.4, -0.2) is 41.9 Å². The van der Waals surface area contributed by atoms with E-state index >= 15 is 0 Å². The molecular weight excluding hydrogens is 400 g/mol. The summed E-state index contributed by atoms with van der Waals surface area (Å²) in [5.41, 5.74) is 0. The van der Waals surface area contributed by atoms with E-state index in [0.717, 1.165) is 57.8 Å². The molecule has 2 rings (SSSR count). The SMILES string of the molecule is CC(OC(=O)NC(F)CCP(=O)(O)CC1CCCCC1)OC(=O)C1CCCCC1. The van der Waals surface area contributed by atoms with E-state index < -0.39 is 32.0 Å². The predicted molar refractivity (Wildman–Crippen MR) is 107 cm³/mol. The van der Waals surface area contributed by atoms with Crippen molar-refractivity contribution in [3.05, 3.63) is 0 Å². The topological polar surface area (TPSA) is 102 Å². The van der Waals surface area contributed by atoms with Crippen LogP contribution in [0.2, 0.25) is 0 Å². The van der Waals surface area contributed by atoms with E-state index in [1.807, 2.05) is 5.32 Å². The highest BCUT2D eigenvalue weighted by Crippen LogP contribution is 2.46. The lowest BCUT2D eigenvalue weighted by Crippen LogP contribution is -2.36. The number of amides is 1. The standard InChI is InChI=1S/C20H35FNO6P/c1-15(27-19(23)17-10-6-3-7-11-17)28-20(24)22-18(21)12-13-29(25,26)14-16-8-4-2-5-9-16/h15-18H,2-14H2,1H3,(H,22,24)(H,25,26). The van der Waals surface area contributed by atoms with Gasteiger partial charge in [0.05, 0.1) is 5.92 Å². The molecule has 1 amide bonds. The van der Waals surface area contributed by atoms with Crippen LogP contribution in [0.5, 0.6) is 0 Å². The number of alkyl halides is 1. The van der Waals surface area contributed by atoms with Crippen LogP contribution in [0.4, 0.5) is 9.18 Å². The van der Waals surface area contributed by atoms with E-state index in [1.54, 1.807) is 0 Å². The Hall–Kier alpha value is -1.14. The zero-order chi connectivity index (χ0) is 21.3. The van der Waals surface area contributed by atoms with E-state index in [1.165, 1.54) is 13.3 Å². The van der Waals surface area contributed by atoms with Gasteiger partial charge in [0.1, 0.15) is 0 Å². The van der Waals surface area contributed by atoms with Gasteiger partial charge < -0.3 is 14.4 Å². The van der Waals surface area contributed by atoms with Crippen LogP contribution >= 0.6 is 7.37 Å². The normalized spacial score (nSPS) is 22.9. The molecule has 2 N–H and O–H groups in total. The first-order chi connectivity index (χ1) is 13.7. The minimum Gasteiger partial charge on any atom is -0.425 e. The number of esters is 1. The highest BCUT2D eigenvalue weighted by molar-refractivity contribution is 7.58. The van der Waals surface area contributed by atoms with Gasteiger partial charge in [-0.15, -0.1) is 0 Å². The molecule has 9 heteroatoms. The third kappa shape index (κ3) is 9.47. The molecule has 2 aliphatic rings. The van der Waals surface area contributed by atoms with Crippen LogP contribution in [0.25, 0.3) is 0 Å². The quantitative estimate of drug-likeness (QED) is 0.235. The fourth-order valence-electron chi connectivity index (χ4n) is 4.19. The summed E-state index contributed by atoms with van der Waals surface area (Å²) < 4.78 is 36.3. The Bertz CT molecular complexity index is 577. The van der Waals surface area contributed by atoms with Crippen molar-refractivity contribution in [3.63, 3.8) is 0 Å². The molecule has 7 nitrogen and oxygen atoms in total. The van der Waals surface area contributed by atoms with Crippen LogP contribution in [0.1, 0.15) is 77.6 Å². The Morgan fingerprint density at radius 2 is 1.66 bits per heavy atom. The summed E-state index contributed by atoms with van der Waals surface area (Å²) in [6, 6.07) is 0. The summed E-state index contributed by atoms with van der Waals surface area (Å²) in [4.78, 5) is 33.9.